The van der Waals surface area contributed by atoms with Gasteiger partial charge in [-0.25, -0.2) is 0 Å². The third kappa shape index (κ3) is 4.69. The molecule has 0 spiro atoms. The summed E-state index contributed by atoms with van der Waals surface area (Å²) in [6.45, 7) is 2.59. The molecule has 0 fully saturated rings. The Morgan fingerprint density at radius 3 is 2.13 bits per heavy atom. The van der Waals surface area contributed by atoms with Crippen LogP contribution in [0.5, 0.6) is 11.5 Å². The molecule has 0 bridgehead atoms. The highest BCUT2D eigenvalue weighted by Crippen LogP contribution is 2.41. The molecule has 0 N–H and O–H groups in total. The number of rotatable bonds is 5. The molecular weight excluding hydrogens is 411 g/mol. The van der Waals surface area contributed by atoms with Gasteiger partial charge < -0.3 is 14.2 Å². The molecule has 0 aliphatic rings. The molecule has 0 amide bonds. The van der Waals surface area contributed by atoms with Gasteiger partial charge in [0.25, 0.3) is 0 Å². The lowest BCUT2D eigenvalue weighted by molar-refractivity contribution is -0.166. The first kappa shape index (κ1) is 17.3. The quantitative estimate of drug-likeness (QED) is 0.239. The van der Waals surface area contributed by atoms with Crippen molar-refractivity contribution in [2.45, 2.75) is 17.6 Å². The Bertz CT molecular complexity index is 701. The van der Waals surface area contributed by atoms with Crippen molar-refractivity contribution >= 4 is 34.5 Å². The molecule has 120 valence electrons. The van der Waals surface area contributed by atoms with E-state index in [0.29, 0.717) is 11.3 Å². The maximum Gasteiger partial charge on any atom is 0.336 e. The normalized spacial score (nSPS) is 12.8. The smallest absolute Gasteiger partial charge is 0.336 e. The molecule has 0 aromatic heterocycles. The molecule has 0 saturated carbocycles. The lowest BCUT2D eigenvalue weighted by Gasteiger charge is -2.29. The Morgan fingerprint density at radius 2 is 1.52 bits per heavy atom. The van der Waals surface area contributed by atoms with Crippen LogP contribution < -0.4 is 9.47 Å². The first-order valence-corrected chi connectivity index (χ1v) is 7.89. The van der Waals surface area contributed by atoms with Gasteiger partial charge in [0.05, 0.1) is 5.56 Å². The summed E-state index contributed by atoms with van der Waals surface area (Å²) in [5.74, 6) is -0.209. The predicted octanol–water partition coefficient (Wildman–Crippen LogP) is 3.80. The van der Waals surface area contributed by atoms with Crippen LogP contribution in [0.15, 0.2) is 54.6 Å². The highest BCUT2D eigenvalue weighted by molar-refractivity contribution is 14.1. The molecule has 1 atom stereocenters. The molecule has 5 nitrogen and oxygen atoms in total. The summed E-state index contributed by atoms with van der Waals surface area (Å²) in [5, 5.41) is 0. The van der Waals surface area contributed by atoms with Gasteiger partial charge in [0.1, 0.15) is 11.5 Å². The summed E-state index contributed by atoms with van der Waals surface area (Å²) >= 11 is 1.88. The van der Waals surface area contributed by atoms with Crippen LogP contribution in [0.3, 0.4) is 0 Å². The average molecular weight is 426 g/mol. The third-order valence-corrected chi connectivity index (χ3v) is 3.75. The fourth-order valence-electron chi connectivity index (χ4n) is 1.91. The molecular formula is C17H15IO5. The molecule has 2 aromatic carbocycles. The van der Waals surface area contributed by atoms with Gasteiger partial charge in [-0.15, -0.1) is 0 Å². The minimum atomic E-state index is -1.46. The zero-order chi connectivity index (χ0) is 16.9. The van der Waals surface area contributed by atoms with Crippen molar-refractivity contribution in [1.82, 2.24) is 0 Å². The summed E-state index contributed by atoms with van der Waals surface area (Å²) in [6, 6.07) is 15.7. The number of esters is 2. The van der Waals surface area contributed by atoms with E-state index in [1.807, 2.05) is 28.7 Å². The Labute approximate surface area is 147 Å². The van der Waals surface area contributed by atoms with Crippen LogP contribution in [-0.4, -0.2) is 11.9 Å². The van der Waals surface area contributed by atoms with E-state index >= 15 is 0 Å². The van der Waals surface area contributed by atoms with Gasteiger partial charge in [-0.05, 0) is 24.3 Å². The van der Waals surface area contributed by atoms with E-state index in [4.69, 9.17) is 14.2 Å². The zero-order valence-electron chi connectivity index (χ0n) is 12.6. The van der Waals surface area contributed by atoms with Crippen LogP contribution in [0, 0.1) is 0 Å². The number of carbonyl (C=O) groups is 2. The summed E-state index contributed by atoms with van der Waals surface area (Å²) < 4.78 is 15.0. The minimum Gasteiger partial charge on any atom is -0.440 e. The van der Waals surface area contributed by atoms with Crippen molar-refractivity contribution in [3.63, 3.8) is 0 Å². The van der Waals surface area contributed by atoms with Crippen molar-refractivity contribution in [3.8, 4) is 11.5 Å². The molecule has 2 aromatic rings. The minimum absolute atomic E-state index is 0.270. The van der Waals surface area contributed by atoms with Crippen LogP contribution >= 0.6 is 22.6 Å². The number of ether oxygens (including phenoxy) is 3. The Kier molecular flexibility index (Phi) is 5.59. The fraction of sp³-hybridized carbons (Fsp3) is 0.176. The third-order valence-electron chi connectivity index (χ3n) is 2.73. The highest BCUT2D eigenvalue weighted by atomic mass is 127. The number of carbonyl (C=O) groups excluding carboxylic acids is 2. The number of hydrogen-bond acceptors (Lipinski definition) is 5. The Balaban J connectivity index is 2.46. The number of hydrogen-bond donors (Lipinski definition) is 0. The van der Waals surface area contributed by atoms with Crippen molar-refractivity contribution in [2.75, 3.05) is 0 Å². The number of halogens is 1. The van der Waals surface area contributed by atoms with E-state index in [0.717, 1.165) is 0 Å². The van der Waals surface area contributed by atoms with Gasteiger partial charge in [0.15, 0.2) is 0 Å². The van der Waals surface area contributed by atoms with Crippen molar-refractivity contribution in [3.05, 3.63) is 60.2 Å². The molecule has 0 aliphatic heterocycles. The van der Waals surface area contributed by atoms with E-state index in [9.17, 15) is 9.59 Å². The Morgan fingerprint density at radius 1 is 0.913 bits per heavy atom. The second-order valence-corrected chi connectivity index (χ2v) is 6.05. The first-order valence-electron chi connectivity index (χ1n) is 6.81. The van der Waals surface area contributed by atoms with Gasteiger partial charge >= 0.3 is 15.7 Å². The standard InChI is InChI=1S/C17H15IO5/c1-12(19)21-16-11-7-6-10-15(16)17(18,22-13(2)20)23-14-8-4-3-5-9-14/h3-11H,1-2H3. The molecule has 0 radical (unpaired) electrons. The van der Waals surface area contributed by atoms with E-state index in [2.05, 4.69) is 0 Å². The average Bonchev–Trinajstić information content (AvgIpc) is 2.47. The lowest BCUT2D eigenvalue weighted by Crippen LogP contribution is -2.32. The molecule has 0 saturated heterocycles. The topological polar surface area (TPSA) is 61.8 Å². The van der Waals surface area contributed by atoms with E-state index in [1.54, 1.807) is 48.5 Å². The monoisotopic (exact) mass is 426 g/mol. The predicted molar refractivity (Wildman–Crippen MR) is 92.3 cm³/mol. The van der Waals surface area contributed by atoms with Crippen LogP contribution in [-0.2, 0) is 18.1 Å². The second-order valence-electron chi connectivity index (χ2n) is 4.63. The molecule has 1 unspecified atom stereocenters. The van der Waals surface area contributed by atoms with Crippen LogP contribution in [0.2, 0.25) is 0 Å². The fourth-order valence-corrected chi connectivity index (χ4v) is 2.92. The highest BCUT2D eigenvalue weighted by Gasteiger charge is 2.38. The van der Waals surface area contributed by atoms with E-state index in [-0.39, 0.29) is 5.75 Å². The molecule has 0 aliphatic carbocycles. The zero-order valence-corrected chi connectivity index (χ0v) is 14.8. The van der Waals surface area contributed by atoms with Gasteiger partial charge in [-0.3, -0.25) is 9.59 Å². The lowest BCUT2D eigenvalue weighted by atomic mass is 10.2. The summed E-state index contributed by atoms with van der Waals surface area (Å²) in [5.41, 5.74) is 0.426. The van der Waals surface area contributed by atoms with Gasteiger partial charge in [-0.2, -0.15) is 0 Å². The maximum atomic E-state index is 11.5. The maximum absolute atomic E-state index is 11.5. The summed E-state index contributed by atoms with van der Waals surface area (Å²) in [7, 11) is 0. The largest absolute Gasteiger partial charge is 0.440 e. The van der Waals surface area contributed by atoms with Crippen LogP contribution in [0.4, 0.5) is 0 Å². The first-order chi connectivity index (χ1) is 10.9. The van der Waals surface area contributed by atoms with Crippen molar-refractivity contribution < 1.29 is 23.8 Å². The van der Waals surface area contributed by atoms with E-state index < -0.39 is 15.7 Å². The summed E-state index contributed by atoms with van der Waals surface area (Å²) in [6.07, 6.45) is 0. The molecule has 2 rings (SSSR count). The van der Waals surface area contributed by atoms with Gasteiger partial charge in [-0.1, -0.05) is 30.3 Å². The number of alkyl halides is 1. The number of benzene rings is 2. The molecule has 6 heteroatoms. The van der Waals surface area contributed by atoms with Gasteiger partial charge in [0, 0.05) is 36.4 Å². The van der Waals surface area contributed by atoms with E-state index in [1.165, 1.54) is 13.8 Å². The van der Waals surface area contributed by atoms with Crippen LogP contribution in [0.1, 0.15) is 19.4 Å². The molecule has 23 heavy (non-hydrogen) atoms. The number of para-hydroxylation sites is 2. The SMILES string of the molecule is CC(=O)Oc1ccccc1C(I)(OC(C)=O)Oc1ccccc1. The summed E-state index contributed by atoms with van der Waals surface area (Å²) in [4.78, 5) is 22.8. The van der Waals surface area contributed by atoms with Crippen molar-refractivity contribution in [1.29, 1.82) is 0 Å². The second kappa shape index (κ2) is 7.45. The van der Waals surface area contributed by atoms with Crippen molar-refractivity contribution in [2.24, 2.45) is 0 Å². The Hall–Kier alpha value is -2.09. The van der Waals surface area contributed by atoms with Gasteiger partial charge in [0.2, 0.25) is 0 Å². The molecule has 0 heterocycles. The van der Waals surface area contributed by atoms with Crippen LogP contribution in [0.25, 0.3) is 0 Å².